The first kappa shape index (κ1) is 22.6. The largest absolute Gasteiger partial charge is 0.351 e. The number of carbonyl (C=O) groups is 1. The van der Waals surface area contributed by atoms with Crippen LogP contribution >= 0.6 is 0 Å². The fraction of sp³-hybridized carbons (Fsp3) is 0.444. The van der Waals surface area contributed by atoms with Crippen LogP contribution in [0.25, 0.3) is 22.1 Å². The summed E-state index contributed by atoms with van der Waals surface area (Å²) in [6.45, 7) is 9.04. The number of fused-ring (bicyclic) bond motifs is 2. The molecule has 1 aliphatic heterocycles. The van der Waals surface area contributed by atoms with Gasteiger partial charge in [-0.15, -0.1) is 0 Å². The first-order valence-corrected chi connectivity index (χ1v) is 12.2. The molecule has 1 saturated heterocycles. The van der Waals surface area contributed by atoms with Crippen molar-refractivity contribution in [3.63, 3.8) is 0 Å². The van der Waals surface area contributed by atoms with Crippen LogP contribution in [-0.4, -0.2) is 68.5 Å². The van der Waals surface area contributed by atoms with Gasteiger partial charge in [-0.05, 0) is 82.2 Å². The monoisotopic (exact) mass is 458 g/mol. The van der Waals surface area contributed by atoms with E-state index in [1.165, 1.54) is 5.56 Å². The number of likely N-dealkylation sites (tertiary alicyclic amines) is 1. The van der Waals surface area contributed by atoms with Gasteiger partial charge < -0.3 is 19.4 Å². The molecule has 1 N–H and O–H groups in total. The van der Waals surface area contributed by atoms with Gasteiger partial charge in [-0.3, -0.25) is 4.79 Å². The number of piperidine rings is 1. The molecule has 0 unspecified atom stereocenters. The van der Waals surface area contributed by atoms with Gasteiger partial charge in [0.15, 0.2) is 5.65 Å². The lowest BCUT2D eigenvalue weighted by Crippen LogP contribution is -2.44. The second-order valence-corrected chi connectivity index (χ2v) is 9.78. The third-order valence-electron chi connectivity index (χ3n) is 7.23. The highest BCUT2D eigenvalue weighted by Gasteiger charge is 2.25. The number of H-pyrrole nitrogens is 1. The summed E-state index contributed by atoms with van der Waals surface area (Å²) in [5, 5.41) is 1.06. The van der Waals surface area contributed by atoms with E-state index in [9.17, 15) is 4.79 Å². The fourth-order valence-electron chi connectivity index (χ4n) is 5.20. The molecule has 1 aromatic carbocycles. The van der Waals surface area contributed by atoms with Crippen molar-refractivity contribution in [2.24, 2.45) is 0 Å². The third-order valence-corrected chi connectivity index (χ3v) is 7.23. The number of carbonyl (C=O) groups excluding carboxylic acids is 1. The maximum atomic E-state index is 13.2. The minimum atomic E-state index is 0.0660. The highest BCUT2D eigenvalue weighted by atomic mass is 16.2. The molecule has 7 nitrogen and oxygen atoms in total. The molecular weight excluding hydrogens is 424 g/mol. The minimum absolute atomic E-state index is 0.0660. The van der Waals surface area contributed by atoms with E-state index in [2.05, 4.69) is 59.6 Å². The molecule has 7 heteroatoms. The van der Waals surface area contributed by atoms with Crippen molar-refractivity contribution in [1.82, 2.24) is 29.3 Å². The fourth-order valence-corrected chi connectivity index (χ4v) is 5.20. The Morgan fingerprint density at radius 1 is 1.15 bits per heavy atom. The summed E-state index contributed by atoms with van der Waals surface area (Å²) in [7, 11) is 4.07. The lowest BCUT2D eigenvalue weighted by molar-refractivity contribution is 0.0654. The molecule has 0 spiro atoms. The van der Waals surface area contributed by atoms with Gasteiger partial charge in [0.1, 0.15) is 17.0 Å². The van der Waals surface area contributed by atoms with Crippen LogP contribution in [0.4, 0.5) is 0 Å². The van der Waals surface area contributed by atoms with Crippen molar-refractivity contribution in [3.05, 3.63) is 58.7 Å². The van der Waals surface area contributed by atoms with Gasteiger partial charge in [0.05, 0.1) is 6.54 Å². The summed E-state index contributed by atoms with van der Waals surface area (Å²) >= 11 is 0. The van der Waals surface area contributed by atoms with E-state index >= 15 is 0 Å². The number of imidazole rings is 1. The van der Waals surface area contributed by atoms with Crippen molar-refractivity contribution < 1.29 is 4.79 Å². The van der Waals surface area contributed by atoms with E-state index in [1.807, 2.05) is 24.9 Å². The third kappa shape index (κ3) is 4.09. The van der Waals surface area contributed by atoms with Gasteiger partial charge in [-0.2, -0.15) is 0 Å². The standard InChI is InChI=1S/C27H34N6O/c1-6-24-30-25-17(2)13-18(3)28-26(25)33(24)16-19-7-8-22-20(14-19)15-23(29-22)27(34)32(5)21-9-11-31(4)12-10-21/h7-8,13-15,21,29H,6,9-12,16H2,1-5H3. The lowest BCUT2D eigenvalue weighted by Gasteiger charge is -2.34. The molecule has 178 valence electrons. The molecule has 4 heterocycles. The number of aromatic nitrogens is 4. The van der Waals surface area contributed by atoms with E-state index in [4.69, 9.17) is 9.97 Å². The van der Waals surface area contributed by atoms with Gasteiger partial charge in [0.2, 0.25) is 0 Å². The number of hydrogen-bond acceptors (Lipinski definition) is 4. The highest BCUT2D eigenvalue weighted by Crippen LogP contribution is 2.24. The molecule has 0 saturated carbocycles. The summed E-state index contributed by atoms with van der Waals surface area (Å²) in [4.78, 5) is 30.4. The smallest absolute Gasteiger partial charge is 0.270 e. The lowest BCUT2D eigenvalue weighted by atomic mass is 10.0. The van der Waals surface area contributed by atoms with Gasteiger partial charge in [-0.1, -0.05) is 13.0 Å². The summed E-state index contributed by atoms with van der Waals surface area (Å²) < 4.78 is 2.23. The Balaban J connectivity index is 1.42. The normalized spacial score (nSPS) is 15.4. The van der Waals surface area contributed by atoms with Crippen LogP contribution in [0.15, 0.2) is 30.3 Å². The van der Waals surface area contributed by atoms with Crippen LogP contribution in [0.5, 0.6) is 0 Å². The van der Waals surface area contributed by atoms with E-state index in [1.54, 1.807) is 0 Å². The van der Waals surface area contributed by atoms with Crippen molar-refractivity contribution in [2.45, 2.75) is 52.6 Å². The number of amides is 1. The topological polar surface area (TPSA) is 70.0 Å². The zero-order chi connectivity index (χ0) is 24.0. The molecule has 0 aliphatic carbocycles. The maximum absolute atomic E-state index is 13.2. The molecule has 1 amide bonds. The minimum Gasteiger partial charge on any atom is -0.351 e. The van der Waals surface area contributed by atoms with Gasteiger partial charge in [0.25, 0.3) is 5.91 Å². The van der Waals surface area contributed by atoms with E-state index in [0.717, 1.165) is 71.5 Å². The van der Waals surface area contributed by atoms with Crippen molar-refractivity contribution >= 4 is 28.0 Å². The number of nitrogens with zero attached hydrogens (tertiary/aromatic N) is 5. The second-order valence-electron chi connectivity index (χ2n) is 9.78. The highest BCUT2D eigenvalue weighted by molar-refractivity contribution is 5.98. The molecule has 0 radical (unpaired) electrons. The SMILES string of the molecule is CCc1nc2c(C)cc(C)nc2n1Cc1ccc2[nH]c(C(=O)N(C)C3CCN(C)CC3)cc2c1. The van der Waals surface area contributed by atoms with Crippen molar-refractivity contribution in [1.29, 1.82) is 0 Å². The van der Waals surface area contributed by atoms with E-state index in [-0.39, 0.29) is 5.91 Å². The molecule has 0 bridgehead atoms. The number of nitrogens with one attached hydrogen (secondary N) is 1. The van der Waals surface area contributed by atoms with Crippen molar-refractivity contribution in [3.8, 4) is 0 Å². The van der Waals surface area contributed by atoms with Crippen molar-refractivity contribution in [2.75, 3.05) is 27.2 Å². The molecule has 34 heavy (non-hydrogen) atoms. The quantitative estimate of drug-likeness (QED) is 0.484. The average molecular weight is 459 g/mol. The first-order chi connectivity index (χ1) is 16.3. The molecule has 1 fully saturated rings. The summed E-state index contributed by atoms with van der Waals surface area (Å²) in [5.41, 5.74) is 6.91. The number of aryl methyl sites for hydroxylation is 3. The summed E-state index contributed by atoms with van der Waals surface area (Å²) in [5.74, 6) is 1.11. The van der Waals surface area contributed by atoms with E-state index < -0.39 is 0 Å². The predicted molar refractivity (Wildman–Crippen MR) is 136 cm³/mol. The molecule has 0 atom stereocenters. The Bertz CT molecular complexity index is 1360. The summed E-state index contributed by atoms with van der Waals surface area (Å²) in [6.07, 6.45) is 2.90. The Hall–Kier alpha value is -3.19. The second kappa shape index (κ2) is 8.87. The van der Waals surface area contributed by atoms with Crippen LogP contribution in [0.2, 0.25) is 0 Å². The van der Waals surface area contributed by atoms with Gasteiger partial charge >= 0.3 is 0 Å². The molecule has 4 aromatic rings. The van der Waals surface area contributed by atoms with Crippen LogP contribution < -0.4 is 0 Å². The predicted octanol–water partition coefficient (Wildman–Crippen LogP) is 4.31. The molecular formula is C27H34N6O. The first-order valence-electron chi connectivity index (χ1n) is 12.2. The molecule has 3 aromatic heterocycles. The molecule has 1 aliphatic rings. The van der Waals surface area contributed by atoms with Crippen LogP contribution in [0, 0.1) is 13.8 Å². The summed E-state index contributed by atoms with van der Waals surface area (Å²) in [6, 6.07) is 10.8. The van der Waals surface area contributed by atoms with E-state index in [0.29, 0.717) is 18.3 Å². The van der Waals surface area contributed by atoms with Crippen LogP contribution in [0.1, 0.15) is 52.9 Å². The number of aromatic amines is 1. The van der Waals surface area contributed by atoms with Crippen LogP contribution in [-0.2, 0) is 13.0 Å². The Morgan fingerprint density at radius 2 is 1.91 bits per heavy atom. The van der Waals surface area contributed by atoms with Crippen LogP contribution in [0.3, 0.4) is 0 Å². The Kier molecular flexibility index (Phi) is 5.90. The zero-order valence-corrected chi connectivity index (χ0v) is 20.9. The number of pyridine rings is 1. The Labute approximate surface area is 200 Å². The van der Waals surface area contributed by atoms with Gasteiger partial charge in [-0.25, -0.2) is 9.97 Å². The number of hydrogen-bond donors (Lipinski definition) is 1. The Morgan fingerprint density at radius 3 is 2.65 bits per heavy atom. The zero-order valence-electron chi connectivity index (χ0n) is 20.9. The maximum Gasteiger partial charge on any atom is 0.270 e. The number of benzene rings is 1. The number of rotatable bonds is 5. The average Bonchev–Trinajstić information content (AvgIpc) is 3.40. The molecule has 5 rings (SSSR count). The van der Waals surface area contributed by atoms with Gasteiger partial charge in [0, 0.05) is 36.1 Å².